The molecule has 0 aliphatic carbocycles. The summed E-state index contributed by atoms with van der Waals surface area (Å²) in [5.74, 6) is -0.398. The Labute approximate surface area is 207 Å². The molecule has 0 unspecified atom stereocenters. The maximum atomic E-state index is 13.2. The molecule has 1 aliphatic heterocycles. The largest absolute Gasteiger partial charge is 0.416 e. The van der Waals surface area contributed by atoms with Crippen molar-refractivity contribution < 1.29 is 18.0 Å². The van der Waals surface area contributed by atoms with Crippen molar-refractivity contribution in [3.05, 3.63) is 89.0 Å². The van der Waals surface area contributed by atoms with Crippen molar-refractivity contribution in [1.82, 2.24) is 14.5 Å². The summed E-state index contributed by atoms with van der Waals surface area (Å²) in [6.07, 6.45) is -0.854. The molecule has 0 saturated carbocycles. The molecule has 0 spiro atoms. The number of imidazole rings is 1. The zero-order valence-corrected chi connectivity index (χ0v) is 20.0. The second-order valence-electron chi connectivity index (χ2n) is 9.30. The van der Waals surface area contributed by atoms with Gasteiger partial charge in [-0.25, -0.2) is 4.98 Å². The molecule has 1 aromatic heterocycles. The summed E-state index contributed by atoms with van der Waals surface area (Å²) in [4.78, 5) is 20.1. The lowest BCUT2D eigenvalue weighted by molar-refractivity contribution is -0.137. The molecule has 4 aromatic rings. The van der Waals surface area contributed by atoms with Crippen molar-refractivity contribution in [1.29, 1.82) is 0 Å². The van der Waals surface area contributed by atoms with Gasteiger partial charge in [-0.2, -0.15) is 13.2 Å². The number of anilines is 1. The summed E-state index contributed by atoms with van der Waals surface area (Å²) in [7, 11) is 0. The zero-order chi connectivity index (χ0) is 25.3. The van der Waals surface area contributed by atoms with Crippen LogP contribution in [0.5, 0.6) is 0 Å². The van der Waals surface area contributed by atoms with E-state index >= 15 is 0 Å². The first-order valence-electron chi connectivity index (χ1n) is 12.1. The van der Waals surface area contributed by atoms with E-state index in [4.69, 9.17) is 4.98 Å². The SMILES string of the molecule is Cc1ccc(-n2c(NC(=O)c3cccc(C(F)(F)F)c3)nc3cc(CN4CCCCC4)ccc32)cc1. The fourth-order valence-electron chi connectivity index (χ4n) is 4.65. The van der Waals surface area contributed by atoms with Crippen molar-refractivity contribution in [3.8, 4) is 5.69 Å². The number of benzene rings is 3. The van der Waals surface area contributed by atoms with Crippen molar-refractivity contribution in [3.63, 3.8) is 0 Å². The van der Waals surface area contributed by atoms with E-state index in [-0.39, 0.29) is 11.5 Å². The lowest BCUT2D eigenvalue weighted by Gasteiger charge is -2.26. The number of hydrogen-bond donors (Lipinski definition) is 1. The van der Waals surface area contributed by atoms with Gasteiger partial charge in [0, 0.05) is 17.8 Å². The van der Waals surface area contributed by atoms with Crippen molar-refractivity contribution in [2.24, 2.45) is 0 Å². The number of carbonyl (C=O) groups excluding carboxylic acids is 1. The average Bonchev–Trinajstić information content (AvgIpc) is 3.21. The number of hydrogen-bond acceptors (Lipinski definition) is 3. The number of amides is 1. The summed E-state index contributed by atoms with van der Waals surface area (Å²) < 4.78 is 41.3. The quantitative estimate of drug-likeness (QED) is 0.342. The van der Waals surface area contributed by atoms with E-state index in [0.717, 1.165) is 54.1 Å². The third kappa shape index (κ3) is 5.14. The molecule has 3 aromatic carbocycles. The molecule has 8 heteroatoms. The number of aryl methyl sites for hydroxylation is 1. The summed E-state index contributed by atoms with van der Waals surface area (Å²) in [5.41, 5.74) is 3.58. The van der Waals surface area contributed by atoms with Gasteiger partial charge >= 0.3 is 6.18 Å². The maximum absolute atomic E-state index is 13.2. The molecule has 1 aliphatic rings. The molecule has 5 rings (SSSR count). The highest BCUT2D eigenvalue weighted by Gasteiger charge is 2.31. The number of nitrogens with one attached hydrogen (secondary N) is 1. The molecular formula is C28H27F3N4O. The number of likely N-dealkylation sites (tertiary alicyclic amines) is 1. The monoisotopic (exact) mass is 492 g/mol. The number of carbonyl (C=O) groups is 1. The van der Waals surface area contributed by atoms with Gasteiger partial charge in [0.1, 0.15) is 0 Å². The van der Waals surface area contributed by atoms with Gasteiger partial charge in [-0.05, 0) is 80.9 Å². The number of alkyl halides is 3. The molecule has 2 heterocycles. The lowest BCUT2D eigenvalue weighted by Crippen LogP contribution is -2.29. The maximum Gasteiger partial charge on any atom is 0.416 e. The number of halogens is 3. The third-order valence-corrected chi connectivity index (χ3v) is 6.54. The normalized spacial score (nSPS) is 14.8. The standard InChI is InChI=1S/C28H27F3N4O/c1-19-8-11-23(12-9-19)35-25-13-10-20(18-34-14-3-2-4-15-34)16-24(25)32-27(35)33-26(36)21-6-5-7-22(17-21)28(29,30)31/h5-13,16-17H,2-4,14-15,18H2,1H3,(H,32,33,36). The first-order chi connectivity index (χ1) is 17.3. The van der Waals surface area contributed by atoms with Crippen LogP contribution in [0.2, 0.25) is 0 Å². The Balaban J connectivity index is 1.51. The van der Waals surface area contributed by atoms with Crippen molar-refractivity contribution in [2.75, 3.05) is 18.4 Å². The number of aromatic nitrogens is 2. The van der Waals surface area contributed by atoms with E-state index < -0.39 is 17.6 Å². The van der Waals surface area contributed by atoms with Gasteiger partial charge in [0.25, 0.3) is 5.91 Å². The van der Waals surface area contributed by atoms with Crippen LogP contribution < -0.4 is 5.32 Å². The van der Waals surface area contributed by atoms with Gasteiger partial charge in [0.05, 0.1) is 16.6 Å². The highest BCUT2D eigenvalue weighted by atomic mass is 19.4. The molecule has 1 N–H and O–H groups in total. The Hall–Kier alpha value is -3.65. The van der Waals surface area contributed by atoms with Crippen LogP contribution in [0.1, 0.15) is 46.3 Å². The highest BCUT2D eigenvalue weighted by Crippen LogP contribution is 2.30. The molecule has 36 heavy (non-hydrogen) atoms. The van der Waals surface area contributed by atoms with E-state index in [9.17, 15) is 18.0 Å². The third-order valence-electron chi connectivity index (χ3n) is 6.54. The van der Waals surface area contributed by atoms with Gasteiger partial charge < -0.3 is 0 Å². The number of nitrogens with zero attached hydrogens (tertiary/aromatic N) is 3. The Morgan fingerprint density at radius 2 is 1.72 bits per heavy atom. The number of piperidine rings is 1. The van der Waals surface area contributed by atoms with Crippen molar-refractivity contribution in [2.45, 2.75) is 38.9 Å². The van der Waals surface area contributed by atoms with Crippen LogP contribution in [-0.2, 0) is 12.7 Å². The van der Waals surface area contributed by atoms with Gasteiger partial charge in [0.15, 0.2) is 0 Å². The minimum atomic E-state index is -4.53. The minimum absolute atomic E-state index is 0.0851. The van der Waals surface area contributed by atoms with Gasteiger partial charge in [-0.15, -0.1) is 0 Å². The average molecular weight is 493 g/mol. The molecule has 186 valence electrons. The molecule has 0 bridgehead atoms. The van der Waals surface area contributed by atoms with Crippen molar-refractivity contribution >= 4 is 22.9 Å². The molecule has 1 saturated heterocycles. The zero-order valence-electron chi connectivity index (χ0n) is 20.0. The summed E-state index contributed by atoms with van der Waals surface area (Å²) in [6, 6.07) is 18.3. The van der Waals surface area contributed by atoms with Crippen LogP contribution >= 0.6 is 0 Å². The molecule has 1 fully saturated rings. The molecular weight excluding hydrogens is 465 g/mol. The van der Waals surface area contributed by atoms with E-state index in [2.05, 4.69) is 16.3 Å². The molecule has 5 nitrogen and oxygen atoms in total. The van der Waals surface area contributed by atoms with Crippen LogP contribution in [0.3, 0.4) is 0 Å². The number of rotatable bonds is 5. The van der Waals surface area contributed by atoms with Gasteiger partial charge in [0.2, 0.25) is 5.95 Å². The predicted molar refractivity (Wildman–Crippen MR) is 134 cm³/mol. The van der Waals surface area contributed by atoms with Gasteiger partial charge in [-0.3, -0.25) is 19.6 Å². The fourth-order valence-corrected chi connectivity index (χ4v) is 4.65. The van der Waals surface area contributed by atoms with E-state index in [1.54, 1.807) is 0 Å². The lowest BCUT2D eigenvalue weighted by atomic mass is 10.1. The predicted octanol–water partition coefficient (Wildman–Crippen LogP) is 6.59. The molecule has 0 atom stereocenters. The van der Waals surface area contributed by atoms with Crippen LogP contribution in [0.25, 0.3) is 16.7 Å². The second-order valence-corrected chi connectivity index (χ2v) is 9.30. The molecule has 1 amide bonds. The van der Waals surface area contributed by atoms with E-state index in [1.807, 2.05) is 47.9 Å². The van der Waals surface area contributed by atoms with Crippen LogP contribution in [0.15, 0.2) is 66.7 Å². The van der Waals surface area contributed by atoms with E-state index in [0.29, 0.717) is 5.52 Å². The van der Waals surface area contributed by atoms with Crippen LogP contribution in [0.4, 0.5) is 19.1 Å². The highest BCUT2D eigenvalue weighted by molar-refractivity contribution is 6.04. The first-order valence-corrected chi connectivity index (χ1v) is 12.1. The van der Waals surface area contributed by atoms with Crippen LogP contribution in [-0.4, -0.2) is 33.4 Å². The Kier molecular flexibility index (Phi) is 6.53. The Morgan fingerprint density at radius 1 is 0.972 bits per heavy atom. The minimum Gasteiger partial charge on any atom is -0.299 e. The molecule has 0 radical (unpaired) electrons. The summed E-state index contributed by atoms with van der Waals surface area (Å²) in [5, 5.41) is 2.74. The first kappa shape index (κ1) is 24.1. The van der Waals surface area contributed by atoms with Crippen LogP contribution in [0, 0.1) is 6.92 Å². The fraction of sp³-hybridized carbons (Fsp3) is 0.286. The smallest absolute Gasteiger partial charge is 0.299 e. The topological polar surface area (TPSA) is 50.2 Å². The number of fused-ring (bicyclic) bond motifs is 1. The second kappa shape index (κ2) is 9.78. The summed E-state index contributed by atoms with van der Waals surface area (Å²) >= 11 is 0. The summed E-state index contributed by atoms with van der Waals surface area (Å²) in [6.45, 7) is 4.97. The Morgan fingerprint density at radius 3 is 2.44 bits per heavy atom. The Bertz CT molecular complexity index is 1390. The van der Waals surface area contributed by atoms with E-state index in [1.165, 1.54) is 31.4 Å². The van der Waals surface area contributed by atoms with Gasteiger partial charge in [-0.1, -0.05) is 36.2 Å².